The molecule has 2 N–H and O–H groups in total. The molecule has 0 aliphatic carbocycles. The summed E-state index contributed by atoms with van der Waals surface area (Å²) in [4.78, 5) is 4.26. The van der Waals surface area contributed by atoms with Crippen LogP contribution in [0.5, 0.6) is 0 Å². The molecule has 0 bridgehead atoms. The molecule has 0 radical (unpaired) electrons. The maximum absolute atomic E-state index is 5.40. The van der Waals surface area contributed by atoms with Gasteiger partial charge < -0.3 is 5.73 Å². The summed E-state index contributed by atoms with van der Waals surface area (Å²) in [6.07, 6.45) is 3.98. The SMILES string of the molecule is CC(C)CCCn1cnc(C(N)=S)n1. The van der Waals surface area contributed by atoms with Crippen molar-refractivity contribution in [2.45, 2.75) is 33.2 Å². The summed E-state index contributed by atoms with van der Waals surface area (Å²) < 4.78 is 1.79. The summed E-state index contributed by atoms with van der Waals surface area (Å²) in [5, 5.41) is 4.15. The Kier molecular flexibility index (Phi) is 4.00. The standard InChI is InChI=1S/C9H16N4S/c1-7(2)4-3-5-13-6-11-9(12-13)8(10)14/h6-7H,3-5H2,1-2H3,(H2,10,14). The molecule has 78 valence electrons. The van der Waals surface area contributed by atoms with Crippen LogP contribution in [0.25, 0.3) is 0 Å². The molecule has 0 amide bonds. The van der Waals surface area contributed by atoms with E-state index in [2.05, 4.69) is 23.9 Å². The first kappa shape index (κ1) is 11.1. The predicted octanol–water partition coefficient (Wildman–Crippen LogP) is 1.35. The number of aryl methyl sites for hydroxylation is 1. The molecule has 0 unspecified atom stereocenters. The van der Waals surface area contributed by atoms with Crippen molar-refractivity contribution < 1.29 is 0 Å². The number of nitrogens with zero attached hydrogens (tertiary/aromatic N) is 3. The fourth-order valence-electron chi connectivity index (χ4n) is 1.18. The molecule has 14 heavy (non-hydrogen) atoms. The van der Waals surface area contributed by atoms with Gasteiger partial charge in [-0.1, -0.05) is 26.1 Å². The van der Waals surface area contributed by atoms with E-state index in [1.807, 2.05) is 0 Å². The Morgan fingerprint density at radius 2 is 2.36 bits per heavy atom. The zero-order chi connectivity index (χ0) is 10.6. The summed E-state index contributed by atoms with van der Waals surface area (Å²) in [7, 11) is 0. The lowest BCUT2D eigenvalue weighted by atomic mass is 10.1. The van der Waals surface area contributed by atoms with E-state index in [1.165, 1.54) is 6.42 Å². The Hall–Kier alpha value is -0.970. The molecule has 0 saturated carbocycles. The molecular weight excluding hydrogens is 196 g/mol. The van der Waals surface area contributed by atoms with Crippen molar-refractivity contribution in [1.82, 2.24) is 14.8 Å². The highest BCUT2D eigenvalue weighted by molar-refractivity contribution is 7.80. The zero-order valence-electron chi connectivity index (χ0n) is 8.60. The number of rotatable bonds is 5. The van der Waals surface area contributed by atoms with Crippen molar-refractivity contribution in [2.75, 3.05) is 0 Å². The van der Waals surface area contributed by atoms with E-state index >= 15 is 0 Å². The van der Waals surface area contributed by atoms with Crippen molar-refractivity contribution in [3.05, 3.63) is 12.2 Å². The predicted molar refractivity (Wildman–Crippen MR) is 60.0 cm³/mol. The van der Waals surface area contributed by atoms with Gasteiger partial charge in [-0.2, -0.15) is 0 Å². The highest BCUT2D eigenvalue weighted by Crippen LogP contribution is 2.04. The van der Waals surface area contributed by atoms with E-state index in [9.17, 15) is 0 Å². The summed E-state index contributed by atoms with van der Waals surface area (Å²) in [5.74, 6) is 1.19. The lowest BCUT2D eigenvalue weighted by Gasteiger charge is -2.03. The van der Waals surface area contributed by atoms with Crippen LogP contribution < -0.4 is 5.73 Å². The number of hydrogen-bond donors (Lipinski definition) is 1. The maximum Gasteiger partial charge on any atom is 0.208 e. The van der Waals surface area contributed by atoms with Gasteiger partial charge in [0.1, 0.15) is 11.3 Å². The molecule has 0 atom stereocenters. The molecule has 4 nitrogen and oxygen atoms in total. The minimum Gasteiger partial charge on any atom is -0.387 e. The first-order chi connectivity index (χ1) is 6.59. The van der Waals surface area contributed by atoms with Gasteiger partial charge in [0.15, 0.2) is 0 Å². The van der Waals surface area contributed by atoms with Crippen molar-refractivity contribution in [3.8, 4) is 0 Å². The summed E-state index contributed by atoms with van der Waals surface area (Å²) in [5.41, 5.74) is 5.40. The van der Waals surface area contributed by atoms with Gasteiger partial charge in [-0.25, -0.2) is 4.98 Å². The Balaban J connectivity index is 2.40. The van der Waals surface area contributed by atoms with Crippen LogP contribution in [0.4, 0.5) is 0 Å². The van der Waals surface area contributed by atoms with Gasteiger partial charge in [0.05, 0.1) is 0 Å². The Labute approximate surface area is 89.5 Å². The van der Waals surface area contributed by atoms with E-state index < -0.39 is 0 Å². The van der Waals surface area contributed by atoms with Crippen LogP contribution in [-0.4, -0.2) is 19.8 Å². The van der Waals surface area contributed by atoms with Crippen LogP contribution in [0.1, 0.15) is 32.5 Å². The molecule has 1 rings (SSSR count). The third-order valence-corrected chi connectivity index (χ3v) is 2.11. The number of aromatic nitrogens is 3. The van der Waals surface area contributed by atoms with Crippen molar-refractivity contribution in [3.63, 3.8) is 0 Å². The molecule has 0 aromatic carbocycles. The van der Waals surface area contributed by atoms with Crippen LogP contribution in [0.15, 0.2) is 6.33 Å². The van der Waals surface area contributed by atoms with E-state index in [1.54, 1.807) is 11.0 Å². The summed E-state index contributed by atoms with van der Waals surface area (Å²) in [6.45, 7) is 5.30. The molecule has 1 aromatic rings. The Morgan fingerprint density at radius 3 is 2.86 bits per heavy atom. The van der Waals surface area contributed by atoms with E-state index in [0.29, 0.717) is 5.82 Å². The number of hydrogen-bond acceptors (Lipinski definition) is 3. The lowest BCUT2D eigenvalue weighted by Crippen LogP contribution is -2.12. The first-order valence-electron chi connectivity index (χ1n) is 4.79. The van der Waals surface area contributed by atoms with Gasteiger partial charge in [-0.15, -0.1) is 5.10 Å². The van der Waals surface area contributed by atoms with Gasteiger partial charge in [0.25, 0.3) is 0 Å². The van der Waals surface area contributed by atoms with Crippen LogP contribution >= 0.6 is 12.2 Å². The van der Waals surface area contributed by atoms with Crippen molar-refractivity contribution >= 4 is 17.2 Å². The molecular formula is C9H16N4S. The minimum atomic E-state index is 0.257. The Bertz CT molecular complexity index is 306. The molecule has 0 aliphatic heterocycles. The molecule has 0 fully saturated rings. The van der Waals surface area contributed by atoms with E-state index in [-0.39, 0.29) is 4.99 Å². The minimum absolute atomic E-state index is 0.257. The molecule has 5 heteroatoms. The molecule has 1 heterocycles. The highest BCUT2D eigenvalue weighted by atomic mass is 32.1. The Morgan fingerprint density at radius 1 is 1.64 bits per heavy atom. The van der Waals surface area contributed by atoms with Crippen molar-refractivity contribution in [1.29, 1.82) is 0 Å². The topological polar surface area (TPSA) is 56.7 Å². The quantitative estimate of drug-likeness (QED) is 0.748. The molecule has 1 aromatic heterocycles. The van der Waals surface area contributed by atoms with Crippen LogP contribution in [0, 0.1) is 5.92 Å². The summed E-state index contributed by atoms with van der Waals surface area (Å²) in [6, 6.07) is 0. The average Bonchev–Trinajstić information content (AvgIpc) is 2.52. The van der Waals surface area contributed by atoms with Gasteiger partial charge in [-0.05, 0) is 18.8 Å². The van der Waals surface area contributed by atoms with Gasteiger partial charge >= 0.3 is 0 Å². The molecule has 0 spiro atoms. The third-order valence-electron chi connectivity index (χ3n) is 1.93. The molecule has 0 saturated heterocycles. The summed E-state index contributed by atoms with van der Waals surface area (Å²) >= 11 is 4.77. The maximum atomic E-state index is 5.40. The van der Waals surface area contributed by atoms with Crippen molar-refractivity contribution in [2.24, 2.45) is 11.7 Å². The fraction of sp³-hybridized carbons (Fsp3) is 0.667. The second-order valence-electron chi connectivity index (χ2n) is 3.73. The van der Waals surface area contributed by atoms with E-state index in [0.717, 1.165) is 18.9 Å². The van der Waals surface area contributed by atoms with Crippen LogP contribution in [-0.2, 0) is 6.54 Å². The number of nitrogens with two attached hydrogens (primary N) is 1. The molecule has 0 aliphatic rings. The highest BCUT2D eigenvalue weighted by Gasteiger charge is 2.02. The second-order valence-corrected chi connectivity index (χ2v) is 4.17. The number of thiocarbonyl (C=S) groups is 1. The lowest BCUT2D eigenvalue weighted by molar-refractivity contribution is 0.489. The average molecular weight is 212 g/mol. The van der Waals surface area contributed by atoms with Gasteiger partial charge in [0.2, 0.25) is 5.82 Å². The van der Waals surface area contributed by atoms with Gasteiger partial charge in [0, 0.05) is 6.54 Å². The van der Waals surface area contributed by atoms with Crippen LogP contribution in [0.2, 0.25) is 0 Å². The third kappa shape index (κ3) is 3.41. The smallest absolute Gasteiger partial charge is 0.208 e. The normalized spacial score (nSPS) is 10.8. The monoisotopic (exact) mass is 212 g/mol. The van der Waals surface area contributed by atoms with Crippen LogP contribution in [0.3, 0.4) is 0 Å². The first-order valence-corrected chi connectivity index (χ1v) is 5.19. The largest absolute Gasteiger partial charge is 0.387 e. The second kappa shape index (κ2) is 5.05. The fourth-order valence-corrected chi connectivity index (χ4v) is 1.27. The van der Waals surface area contributed by atoms with E-state index in [4.69, 9.17) is 18.0 Å². The zero-order valence-corrected chi connectivity index (χ0v) is 9.42. The van der Waals surface area contributed by atoms with Gasteiger partial charge in [-0.3, -0.25) is 4.68 Å².